The average molecular weight is 371 g/mol. The maximum absolute atomic E-state index is 12.5. The summed E-state index contributed by atoms with van der Waals surface area (Å²) in [6, 6.07) is 6.13. The molecule has 0 unspecified atom stereocenters. The number of anilines is 1. The van der Waals surface area contributed by atoms with Crippen LogP contribution in [0.2, 0.25) is 0 Å². The smallest absolute Gasteiger partial charge is 0.274 e. The van der Waals surface area contributed by atoms with Crippen LogP contribution in [0.15, 0.2) is 43.1 Å². The van der Waals surface area contributed by atoms with Crippen LogP contribution < -0.4 is 24.8 Å². The van der Waals surface area contributed by atoms with E-state index < -0.39 is 5.91 Å². The van der Waals surface area contributed by atoms with Crippen LogP contribution in [0.5, 0.6) is 17.2 Å². The van der Waals surface area contributed by atoms with Crippen LogP contribution in [-0.2, 0) is 0 Å². The minimum atomic E-state index is -0.484. The van der Waals surface area contributed by atoms with Crippen LogP contribution in [0.3, 0.4) is 0 Å². The number of benzene rings is 1. The molecule has 0 atom stereocenters. The molecule has 8 heteroatoms. The van der Waals surface area contributed by atoms with Gasteiger partial charge in [-0.25, -0.2) is 0 Å². The first-order chi connectivity index (χ1) is 13.0. The van der Waals surface area contributed by atoms with Crippen molar-refractivity contribution in [2.24, 2.45) is 0 Å². The van der Waals surface area contributed by atoms with Crippen LogP contribution >= 0.6 is 0 Å². The molecule has 0 saturated carbocycles. The molecule has 0 radical (unpaired) electrons. The van der Waals surface area contributed by atoms with Gasteiger partial charge in [-0.15, -0.1) is 6.58 Å². The number of nitrogens with zero attached hydrogens (tertiary/aromatic N) is 1. The van der Waals surface area contributed by atoms with E-state index in [-0.39, 0.29) is 11.6 Å². The van der Waals surface area contributed by atoms with Crippen molar-refractivity contribution in [3.63, 3.8) is 0 Å². The first kappa shape index (κ1) is 19.8. The van der Waals surface area contributed by atoms with E-state index in [1.54, 1.807) is 18.2 Å². The Labute approximate surface area is 157 Å². The fourth-order valence-electron chi connectivity index (χ4n) is 2.31. The van der Waals surface area contributed by atoms with Crippen LogP contribution in [0, 0.1) is 0 Å². The molecule has 27 heavy (non-hydrogen) atoms. The number of carbonyl (C=O) groups is 2. The third kappa shape index (κ3) is 4.75. The van der Waals surface area contributed by atoms with Crippen LogP contribution in [0.4, 0.5) is 5.69 Å². The minimum absolute atomic E-state index is 0.0926. The minimum Gasteiger partial charge on any atom is -0.493 e. The highest BCUT2D eigenvalue weighted by Crippen LogP contribution is 2.39. The molecule has 0 aliphatic heterocycles. The molecule has 0 aliphatic carbocycles. The third-order valence-corrected chi connectivity index (χ3v) is 3.58. The molecule has 8 nitrogen and oxygen atoms in total. The van der Waals surface area contributed by atoms with Crippen molar-refractivity contribution in [2.75, 3.05) is 33.2 Å². The quantitative estimate of drug-likeness (QED) is 0.691. The maximum Gasteiger partial charge on any atom is 0.274 e. The summed E-state index contributed by atoms with van der Waals surface area (Å²) in [5, 5.41) is 5.35. The van der Waals surface area contributed by atoms with Crippen LogP contribution in [0.1, 0.15) is 20.8 Å². The van der Waals surface area contributed by atoms with Gasteiger partial charge in [-0.05, 0) is 12.1 Å². The highest BCUT2D eigenvalue weighted by molar-refractivity contribution is 6.05. The summed E-state index contributed by atoms with van der Waals surface area (Å²) in [4.78, 5) is 28.5. The van der Waals surface area contributed by atoms with E-state index in [0.29, 0.717) is 35.0 Å². The first-order valence-corrected chi connectivity index (χ1v) is 8.00. The SMILES string of the molecule is C=CCNC(=O)c1ccnc(C(=O)Nc2cc(OC)c(OC)c(OC)c2)c1. The number of amides is 2. The third-order valence-electron chi connectivity index (χ3n) is 3.58. The number of nitrogens with one attached hydrogen (secondary N) is 2. The molecule has 142 valence electrons. The number of hydrogen-bond acceptors (Lipinski definition) is 6. The predicted octanol–water partition coefficient (Wildman–Crippen LogP) is 2.28. The lowest BCUT2D eigenvalue weighted by Gasteiger charge is -2.14. The Bertz CT molecular complexity index is 826. The zero-order valence-electron chi connectivity index (χ0n) is 15.4. The zero-order chi connectivity index (χ0) is 19.8. The molecular weight excluding hydrogens is 350 g/mol. The monoisotopic (exact) mass is 371 g/mol. The summed E-state index contributed by atoms with van der Waals surface area (Å²) >= 11 is 0. The van der Waals surface area contributed by atoms with E-state index in [9.17, 15) is 9.59 Å². The fraction of sp³-hybridized carbons (Fsp3) is 0.211. The Kier molecular flexibility index (Phi) is 6.76. The Balaban J connectivity index is 2.25. The van der Waals surface area contributed by atoms with Crippen LogP contribution in [0.25, 0.3) is 0 Å². The van der Waals surface area contributed by atoms with Gasteiger partial charge in [-0.3, -0.25) is 14.6 Å². The molecule has 2 aromatic rings. The molecule has 0 fully saturated rings. The first-order valence-electron chi connectivity index (χ1n) is 8.00. The molecule has 1 aromatic carbocycles. The van der Waals surface area contributed by atoms with E-state index in [4.69, 9.17) is 14.2 Å². The molecule has 2 amide bonds. The summed E-state index contributed by atoms with van der Waals surface area (Å²) in [5.41, 5.74) is 0.842. The largest absolute Gasteiger partial charge is 0.493 e. The molecule has 2 rings (SSSR count). The van der Waals surface area contributed by atoms with E-state index in [1.165, 1.54) is 39.7 Å². The van der Waals surface area contributed by atoms with Crippen molar-refractivity contribution in [3.8, 4) is 17.2 Å². The van der Waals surface area contributed by atoms with Gasteiger partial charge in [0, 0.05) is 36.1 Å². The summed E-state index contributed by atoms with van der Waals surface area (Å²) in [6.07, 6.45) is 2.96. The van der Waals surface area contributed by atoms with Crippen molar-refractivity contribution >= 4 is 17.5 Å². The lowest BCUT2D eigenvalue weighted by atomic mass is 10.2. The predicted molar refractivity (Wildman–Crippen MR) is 101 cm³/mol. The Hall–Kier alpha value is -3.55. The molecule has 2 N–H and O–H groups in total. The normalized spacial score (nSPS) is 9.89. The summed E-state index contributed by atoms with van der Waals surface area (Å²) in [5.74, 6) is 0.411. The van der Waals surface area contributed by atoms with Gasteiger partial charge in [-0.2, -0.15) is 0 Å². The van der Waals surface area contributed by atoms with Crippen molar-refractivity contribution in [2.45, 2.75) is 0 Å². The molecule has 0 aliphatic rings. The fourth-order valence-corrected chi connectivity index (χ4v) is 2.31. The van der Waals surface area contributed by atoms with Gasteiger partial charge in [0.1, 0.15) is 5.69 Å². The van der Waals surface area contributed by atoms with Crippen LogP contribution in [-0.4, -0.2) is 44.7 Å². The summed E-state index contributed by atoms with van der Waals surface area (Å²) in [6.45, 7) is 3.87. The molecule has 1 aromatic heterocycles. The second-order valence-electron chi connectivity index (χ2n) is 5.30. The number of carbonyl (C=O) groups excluding carboxylic acids is 2. The number of aromatic nitrogens is 1. The van der Waals surface area contributed by atoms with Gasteiger partial charge in [-0.1, -0.05) is 6.08 Å². The molecule has 0 saturated heterocycles. The number of rotatable bonds is 8. The number of pyridine rings is 1. The Morgan fingerprint density at radius 1 is 1.07 bits per heavy atom. The van der Waals surface area contributed by atoms with Gasteiger partial charge in [0.25, 0.3) is 11.8 Å². The topological polar surface area (TPSA) is 98.8 Å². The van der Waals surface area contributed by atoms with E-state index in [2.05, 4.69) is 22.2 Å². The molecule has 0 spiro atoms. The van der Waals surface area contributed by atoms with Gasteiger partial charge >= 0.3 is 0 Å². The maximum atomic E-state index is 12.5. The Morgan fingerprint density at radius 2 is 1.74 bits per heavy atom. The molecular formula is C19H21N3O5. The van der Waals surface area contributed by atoms with Crippen molar-refractivity contribution in [1.82, 2.24) is 10.3 Å². The van der Waals surface area contributed by atoms with Crippen molar-refractivity contribution in [3.05, 3.63) is 54.4 Å². The van der Waals surface area contributed by atoms with Gasteiger partial charge in [0.15, 0.2) is 11.5 Å². The van der Waals surface area contributed by atoms with E-state index >= 15 is 0 Å². The second kappa shape index (κ2) is 9.23. The highest BCUT2D eigenvalue weighted by Gasteiger charge is 2.16. The Morgan fingerprint density at radius 3 is 2.30 bits per heavy atom. The standard InChI is InChI=1S/C19H21N3O5/c1-5-7-21-18(23)12-6-8-20-14(9-12)19(24)22-13-10-15(25-2)17(27-4)16(11-13)26-3/h5-6,8-11H,1,7H2,2-4H3,(H,21,23)(H,22,24). The average Bonchev–Trinajstić information content (AvgIpc) is 2.71. The second-order valence-corrected chi connectivity index (χ2v) is 5.30. The summed E-state index contributed by atoms with van der Waals surface area (Å²) < 4.78 is 15.8. The highest BCUT2D eigenvalue weighted by atomic mass is 16.5. The summed E-state index contributed by atoms with van der Waals surface area (Å²) in [7, 11) is 4.46. The number of hydrogen-bond donors (Lipinski definition) is 2. The lowest BCUT2D eigenvalue weighted by Crippen LogP contribution is -2.24. The van der Waals surface area contributed by atoms with Crippen molar-refractivity contribution in [1.29, 1.82) is 0 Å². The lowest BCUT2D eigenvalue weighted by molar-refractivity contribution is 0.0958. The van der Waals surface area contributed by atoms with Gasteiger partial charge in [0.05, 0.1) is 21.3 Å². The molecule has 0 bridgehead atoms. The number of methoxy groups -OCH3 is 3. The van der Waals surface area contributed by atoms with E-state index in [1.807, 2.05) is 0 Å². The van der Waals surface area contributed by atoms with Gasteiger partial charge in [0.2, 0.25) is 5.75 Å². The van der Waals surface area contributed by atoms with Gasteiger partial charge < -0.3 is 24.8 Å². The number of ether oxygens (including phenoxy) is 3. The zero-order valence-corrected chi connectivity index (χ0v) is 15.4. The van der Waals surface area contributed by atoms with Crippen molar-refractivity contribution < 1.29 is 23.8 Å². The van der Waals surface area contributed by atoms with E-state index in [0.717, 1.165) is 0 Å². The molecule has 1 heterocycles.